The van der Waals surface area contributed by atoms with E-state index in [1.807, 2.05) is 32.4 Å². The Morgan fingerprint density at radius 2 is 2.04 bits per heavy atom. The van der Waals surface area contributed by atoms with E-state index in [0.717, 1.165) is 18.8 Å². The summed E-state index contributed by atoms with van der Waals surface area (Å²) in [7, 11) is -3.68. The number of rotatable bonds is 5. The Bertz CT molecular complexity index is 821. The van der Waals surface area contributed by atoms with Gasteiger partial charge in [-0.15, -0.1) is 0 Å². The van der Waals surface area contributed by atoms with E-state index in [-0.39, 0.29) is 22.9 Å². The first-order valence-electron chi connectivity index (χ1n) is 8.30. The summed E-state index contributed by atoms with van der Waals surface area (Å²) >= 11 is 0. The first-order valence-corrected chi connectivity index (χ1v) is 9.78. The number of hydrogen-bond acceptors (Lipinski definition) is 5. The predicted molar refractivity (Wildman–Crippen MR) is 89.1 cm³/mol. The largest absolute Gasteiger partial charge is 0.332 e. The second-order valence-electron chi connectivity index (χ2n) is 6.81. The van der Waals surface area contributed by atoms with E-state index in [9.17, 15) is 8.42 Å². The average Bonchev–Trinajstić information content (AvgIpc) is 3.15. The molecule has 0 radical (unpaired) electrons. The predicted octanol–water partition coefficient (Wildman–Crippen LogP) is 2.06. The summed E-state index contributed by atoms with van der Waals surface area (Å²) in [6.07, 6.45) is 2.94. The lowest BCUT2D eigenvalue weighted by molar-refractivity contribution is 0.399. The molecule has 1 aliphatic heterocycles. The fourth-order valence-corrected chi connectivity index (χ4v) is 3.88. The third-order valence-corrected chi connectivity index (χ3v) is 5.49. The van der Waals surface area contributed by atoms with Gasteiger partial charge in [-0.25, -0.2) is 23.1 Å². The van der Waals surface area contributed by atoms with Crippen molar-refractivity contribution in [1.82, 2.24) is 29.5 Å². The zero-order valence-electron chi connectivity index (χ0n) is 14.4. The van der Waals surface area contributed by atoms with Crippen molar-refractivity contribution >= 4 is 10.0 Å². The highest BCUT2D eigenvalue weighted by Gasteiger charge is 2.30. The van der Waals surface area contributed by atoms with Crippen LogP contribution in [0.5, 0.6) is 0 Å². The van der Waals surface area contributed by atoms with E-state index in [1.165, 1.54) is 6.20 Å². The van der Waals surface area contributed by atoms with Crippen molar-refractivity contribution in [2.45, 2.75) is 70.0 Å². The van der Waals surface area contributed by atoms with Crippen LogP contribution < -0.4 is 4.72 Å². The minimum Gasteiger partial charge on any atom is -0.332 e. The maximum atomic E-state index is 12.6. The van der Waals surface area contributed by atoms with Crippen molar-refractivity contribution in [3.8, 4) is 0 Å². The molecule has 0 fully saturated rings. The number of aromatic amines is 1. The third-order valence-electron chi connectivity index (χ3n) is 4.11. The molecule has 0 bridgehead atoms. The van der Waals surface area contributed by atoms with Crippen LogP contribution in [-0.2, 0) is 16.6 Å². The highest BCUT2D eigenvalue weighted by molar-refractivity contribution is 7.89. The molecule has 8 nitrogen and oxygen atoms in total. The molecular weight excluding hydrogens is 328 g/mol. The van der Waals surface area contributed by atoms with Crippen LogP contribution in [0.25, 0.3) is 0 Å². The van der Waals surface area contributed by atoms with Crippen molar-refractivity contribution in [3.63, 3.8) is 0 Å². The number of imidazole rings is 1. The van der Waals surface area contributed by atoms with Gasteiger partial charge in [-0.05, 0) is 12.8 Å². The number of aromatic nitrogens is 5. The van der Waals surface area contributed by atoms with Gasteiger partial charge < -0.3 is 4.98 Å². The van der Waals surface area contributed by atoms with Crippen molar-refractivity contribution in [2.24, 2.45) is 0 Å². The van der Waals surface area contributed by atoms with E-state index < -0.39 is 10.0 Å². The quantitative estimate of drug-likeness (QED) is 0.857. The van der Waals surface area contributed by atoms with Gasteiger partial charge in [0.05, 0.1) is 12.2 Å². The van der Waals surface area contributed by atoms with Gasteiger partial charge in [0, 0.05) is 18.4 Å². The van der Waals surface area contributed by atoms with Crippen LogP contribution in [0.1, 0.15) is 75.9 Å². The molecule has 0 unspecified atom stereocenters. The van der Waals surface area contributed by atoms with E-state index in [0.29, 0.717) is 18.1 Å². The monoisotopic (exact) mass is 352 g/mol. The number of aryl methyl sites for hydroxylation is 1. The Morgan fingerprint density at radius 1 is 1.29 bits per heavy atom. The highest BCUT2D eigenvalue weighted by Crippen LogP contribution is 2.26. The molecule has 0 saturated carbocycles. The summed E-state index contributed by atoms with van der Waals surface area (Å²) in [6, 6.07) is -0.366. The van der Waals surface area contributed by atoms with E-state index in [2.05, 4.69) is 24.8 Å². The first kappa shape index (κ1) is 17.1. The van der Waals surface area contributed by atoms with Gasteiger partial charge in [-0.2, -0.15) is 9.82 Å². The smallest absolute Gasteiger partial charge is 0.258 e. The molecular formula is C15H24N6O2S. The van der Waals surface area contributed by atoms with Crippen LogP contribution in [0.2, 0.25) is 0 Å². The second-order valence-corrected chi connectivity index (χ2v) is 8.49. The zero-order valence-corrected chi connectivity index (χ0v) is 15.3. The van der Waals surface area contributed by atoms with Crippen molar-refractivity contribution in [3.05, 3.63) is 23.7 Å². The van der Waals surface area contributed by atoms with Gasteiger partial charge >= 0.3 is 0 Å². The van der Waals surface area contributed by atoms with Crippen molar-refractivity contribution < 1.29 is 8.42 Å². The molecule has 1 aliphatic rings. The summed E-state index contributed by atoms with van der Waals surface area (Å²) in [4.78, 5) is 11.6. The van der Waals surface area contributed by atoms with Crippen molar-refractivity contribution in [1.29, 1.82) is 0 Å². The molecule has 2 aromatic rings. The number of fused-ring (bicyclic) bond motifs is 1. The molecule has 0 amide bonds. The second kappa shape index (κ2) is 6.29. The fourth-order valence-electron chi connectivity index (χ4n) is 2.72. The topological polar surface area (TPSA) is 106 Å². The Labute approximate surface area is 142 Å². The van der Waals surface area contributed by atoms with Gasteiger partial charge in [-0.1, -0.05) is 27.7 Å². The maximum absolute atomic E-state index is 12.6. The van der Waals surface area contributed by atoms with Gasteiger partial charge in [0.2, 0.25) is 0 Å². The van der Waals surface area contributed by atoms with E-state index >= 15 is 0 Å². The molecule has 3 rings (SSSR count). The molecule has 2 aromatic heterocycles. The van der Waals surface area contributed by atoms with Crippen LogP contribution in [0, 0.1) is 0 Å². The number of hydrogen-bond donors (Lipinski definition) is 2. The lowest BCUT2D eigenvalue weighted by atomic mass is 10.1. The fraction of sp³-hybridized carbons (Fsp3) is 0.667. The summed E-state index contributed by atoms with van der Waals surface area (Å²) in [6.45, 7) is 8.74. The van der Waals surface area contributed by atoms with Crippen LogP contribution in [0.15, 0.2) is 11.2 Å². The lowest BCUT2D eigenvalue weighted by Gasteiger charge is -2.22. The molecule has 24 heavy (non-hydrogen) atoms. The Balaban J connectivity index is 1.86. The van der Waals surface area contributed by atoms with E-state index in [4.69, 9.17) is 0 Å². The molecule has 1 atom stereocenters. The first-order chi connectivity index (χ1) is 11.3. The van der Waals surface area contributed by atoms with Gasteiger partial charge in [0.15, 0.2) is 10.9 Å². The highest BCUT2D eigenvalue weighted by atomic mass is 32.2. The molecule has 3 heterocycles. The Hall–Kier alpha value is -1.74. The number of H-pyrrole nitrogens is 1. The Morgan fingerprint density at radius 3 is 2.67 bits per heavy atom. The Kier molecular flexibility index (Phi) is 4.48. The van der Waals surface area contributed by atoms with Gasteiger partial charge in [0.25, 0.3) is 10.0 Å². The standard InChI is InChI=1S/C15H24N6O2S/c1-9(2)13-16-8-12(17-13)24(22,23)20-11-6-5-7-21-15(11)18-14(19-21)10(3)4/h8-11,20H,5-7H2,1-4H3,(H,16,17)/t11-/m0/s1. The molecule has 132 valence electrons. The molecule has 9 heteroatoms. The minimum absolute atomic E-state index is 0.0897. The van der Waals surface area contributed by atoms with Crippen LogP contribution in [-0.4, -0.2) is 33.2 Å². The SMILES string of the molecule is CC(C)c1nc2n(n1)CCC[C@@H]2NS(=O)(=O)c1cnc(C(C)C)[nH]1. The maximum Gasteiger partial charge on any atom is 0.258 e. The summed E-state index contributed by atoms with van der Waals surface area (Å²) in [5.74, 6) is 2.45. The molecule has 0 aromatic carbocycles. The van der Waals surface area contributed by atoms with Gasteiger partial charge in [0.1, 0.15) is 11.6 Å². The number of sulfonamides is 1. The zero-order chi connectivity index (χ0) is 17.5. The summed E-state index contributed by atoms with van der Waals surface area (Å²) < 4.78 is 29.9. The molecule has 0 aliphatic carbocycles. The normalized spacial score (nSPS) is 18.3. The number of nitrogens with zero attached hydrogens (tertiary/aromatic N) is 4. The van der Waals surface area contributed by atoms with Gasteiger partial charge in [-0.3, -0.25) is 0 Å². The molecule has 2 N–H and O–H groups in total. The third kappa shape index (κ3) is 3.23. The van der Waals surface area contributed by atoms with Crippen molar-refractivity contribution in [2.75, 3.05) is 0 Å². The molecule has 0 saturated heterocycles. The van der Waals surface area contributed by atoms with Crippen LogP contribution in [0.4, 0.5) is 0 Å². The van der Waals surface area contributed by atoms with Crippen LogP contribution in [0.3, 0.4) is 0 Å². The lowest BCUT2D eigenvalue weighted by Crippen LogP contribution is -2.33. The molecule has 0 spiro atoms. The van der Waals surface area contributed by atoms with E-state index in [1.54, 1.807) is 0 Å². The average molecular weight is 352 g/mol. The number of nitrogens with one attached hydrogen (secondary N) is 2. The minimum atomic E-state index is -3.68. The summed E-state index contributed by atoms with van der Waals surface area (Å²) in [5.41, 5.74) is 0. The van der Waals surface area contributed by atoms with Crippen LogP contribution >= 0.6 is 0 Å². The summed E-state index contributed by atoms with van der Waals surface area (Å²) in [5, 5.41) is 4.57.